The van der Waals surface area contributed by atoms with Crippen molar-refractivity contribution < 1.29 is 22.7 Å². The van der Waals surface area contributed by atoms with Gasteiger partial charge in [-0.25, -0.2) is 4.68 Å². The summed E-state index contributed by atoms with van der Waals surface area (Å²) in [7, 11) is 0. The van der Waals surface area contributed by atoms with Gasteiger partial charge in [-0.1, -0.05) is 17.3 Å². The molecule has 3 rings (SSSR count). The van der Waals surface area contributed by atoms with E-state index in [1.165, 1.54) is 18.2 Å². The van der Waals surface area contributed by atoms with Gasteiger partial charge in [-0.05, 0) is 38.1 Å². The van der Waals surface area contributed by atoms with E-state index in [0.717, 1.165) is 25.9 Å². The molecule has 1 amide bonds. The SMILES string of the molecule is O=C(Nc1ccccc1OCC(F)(F)F)c1cn(C2CCNCC2)nn1. The summed E-state index contributed by atoms with van der Waals surface area (Å²) in [4.78, 5) is 12.3. The minimum atomic E-state index is -4.46. The largest absolute Gasteiger partial charge is 0.482 e. The lowest BCUT2D eigenvalue weighted by molar-refractivity contribution is -0.153. The van der Waals surface area contributed by atoms with E-state index in [1.54, 1.807) is 16.9 Å². The van der Waals surface area contributed by atoms with Crippen molar-refractivity contribution in [3.8, 4) is 5.75 Å². The molecule has 2 aromatic rings. The van der Waals surface area contributed by atoms with Crippen molar-refractivity contribution in [3.63, 3.8) is 0 Å². The summed E-state index contributed by atoms with van der Waals surface area (Å²) in [6.07, 6.45) is -1.14. The fraction of sp³-hybridized carbons (Fsp3) is 0.438. The third-order valence-electron chi connectivity index (χ3n) is 3.95. The zero-order valence-electron chi connectivity index (χ0n) is 13.8. The summed E-state index contributed by atoms with van der Waals surface area (Å²) in [6, 6.07) is 6.10. The lowest BCUT2D eigenvalue weighted by Crippen LogP contribution is -2.29. The van der Waals surface area contributed by atoms with E-state index in [4.69, 9.17) is 4.74 Å². The third kappa shape index (κ3) is 4.72. The minimum Gasteiger partial charge on any atom is -0.482 e. The standard InChI is InChI=1S/C16H18F3N5O2/c17-16(18,19)10-26-14-4-2-1-3-12(14)21-15(25)13-9-24(23-22-13)11-5-7-20-8-6-11/h1-4,9,11,20H,5-8,10H2,(H,21,25). The van der Waals surface area contributed by atoms with E-state index < -0.39 is 18.7 Å². The molecule has 10 heteroatoms. The number of anilines is 1. The molecule has 1 aliphatic heterocycles. The van der Waals surface area contributed by atoms with Gasteiger partial charge in [0.1, 0.15) is 5.75 Å². The fourth-order valence-corrected chi connectivity index (χ4v) is 2.67. The Bertz CT molecular complexity index is 756. The zero-order valence-corrected chi connectivity index (χ0v) is 13.8. The van der Waals surface area contributed by atoms with Crippen LogP contribution in [0.4, 0.5) is 18.9 Å². The van der Waals surface area contributed by atoms with Crippen molar-refractivity contribution in [2.75, 3.05) is 25.0 Å². The molecule has 0 bridgehead atoms. The number of carbonyl (C=O) groups is 1. The number of ether oxygens (including phenoxy) is 1. The Hall–Kier alpha value is -2.62. The molecule has 1 fully saturated rings. The summed E-state index contributed by atoms with van der Waals surface area (Å²) in [5.74, 6) is -0.628. The Balaban J connectivity index is 1.67. The van der Waals surface area contributed by atoms with Crippen molar-refractivity contribution in [3.05, 3.63) is 36.2 Å². The predicted octanol–water partition coefficient (Wildman–Crippen LogP) is 2.40. The molecule has 0 aliphatic carbocycles. The molecule has 0 atom stereocenters. The summed E-state index contributed by atoms with van der Waals surface area (Å²) in [5, 5.41) is 13.6. The summed E-state index contributed by atoms with van der Waals surface area (Å²) in [5.41, 5.74) is 0.229. The third-order valence-corrected chi connectivity index (χ3v) is 3.95. The normalized spacial score (nSPS) is 15.7. The van der Waals surface area contributed by atoms with Crippen molar-refractivity contribution in [1.82, 2.24) is 20.3 Å². The number of nitrogens with one attached hydrogen (secondary N) is 2. The predicted molar refractivity (Wildman–Crippen MR) is 87.1 cm³/mol. The molecule has 140 valence electrons. The lowest BCUT2D eigenvalue weighted by Gasteiger charge is -2.22. The highest BCUT2D eigenvalue weighted by Crippen LogP contribution is 2.26. The first-order chi connectivity index (χ1) is 12.4. The molecular formula is C16H18F3N5O2. The average Bonchev–Trinajstić information content (AvgIpc) is 3.11. The van der Waals surface area contributed by atoms with Crippen LogP contribution in [0.1, 0.15) is 29.4 Å². The highest BCUT2D eigenvalue weighted by Gasteiger charge is 2.29. The molecule has 1 aliphatic rings. The smallest absolute Gasteiger partial charge is 0.422 e. The monoisotopic (exact) mass is 369 g/mol. The van der Waals surface area contributed by atoms with E-state index in [0.29, 0.717) is 0 Å². The van der Waals surface area contributed by atoms with Crippen LogP contribution >= 0.6 is 0 Å². The first-order valence-electron chi connectivity index (χ1n) is 8.15. The van der Waals surface area contributed by atoms with Gasteiger partial charge in [0.25, 0.3) is 5.91 Å². The number of benzene rings is 1. The first kappa shape index (κ1) is 18.2. The Morgan fingerprint density at radius 1 is 1.31 bits per heavy atom. The highest BCUT2D eigenvalue weighted by molar-refractivity contribution is 6.03. The van der Waals surface area contributed by atoms with Crippen LogP contribution in [0.2, 0.25) is 0 Å². The van der Waals surface area contributed by atoms with E-state index in [-0.39, 0.29) is 23.2 Å². The molecule has 0 radical (unpaired) electrons. The van der Waals surface area contributed by atoms with E-state index >= 15 is 0 Å². The van der Waals surface area contributed by atoms with Gasteiger partial charge in [0.2, 0.25) is 0 Å². The number of alkyl halides is 3. The Morgan fingerprint density at radius 3 is 2.77 bits per heavy atom. The summed E-state index contributed by atoms with van der Waals surface area (Å²) in [6.45, 7) is 0.303. The number of piperidine rings is 1. The van der Waals surface area contributed by atoms with E-state index in [1.807, 2.05) is 0 Å². The lowest BCUT2D eigenvalue weighted by atomic mass is 10.1. The van der Waals surface area contributed by atoms with Crippen LogP contribution in [-0.2, 0) is 0 Å². The van der Waals surface area contributed by atoms with Gasteiger partial charge in [0.15, 0.2) is 12.3 Å². The second kappa shape index (κ2) is 7.73. The fourth-order valence-electron chi connectivity index (χ4n) is 2.67. The van der Waals surface area contributed by atoms with Crippen molar-refractivity contribution in [2.45, 2.75) is 25.1 Å². The highest BCUT2D eigenvalue weighted by atomic mass is 19.4. The number of hydrogen-bond donors (Lipinski definition) is 2. The molecule has 1 aromatic heterocycles. The van der Waals surface area contributed by atoms with Crippen LogP contribution in [0, 0.1) is 0 Å². The van der Waals surface area contributed by atoms with Crippen molar-refractivity contribution in [2.24, 2.45) is 0 Å². The number of carbonyl (C=O) groups excluding carboxylic acids is 1. The van der Waals surface area contributed by atoms with Gasteiger partial charge >= 0.3 is 6.18 Å². The Labute approximate surface area is 147 Å². The summed E-state index contributed by atoms with van der Waals surface area (Å²) < 4.78 is 43.4. The van der Waals surface area contributed by atoms with Crippen LogP contribution in [0.15, 0.2) is 30.5 Å². The van der Waals surface area contributed by atoms with Crippen molar-refractivity contribution >= 4 is 11.6 Å². The van der Waals surface area contributed by atoms with Gasteiger partial charge in [-0.3, -0.25) is 4.79 Å². The van der Waals surface area contributed by atoms with Gasteiger partial charge in [-0.15, -0.1) is 5.10 Å². The molecule has 0 unspecified atom stereocenters. The Morgan fingerprint density at radius 2 is 2.04 bits per heavy atom. The maximum atomic E-state index is 12.3. The van der Waals surface area contributed by atoms with Crippen LogP contribution in [0.5, 0.6) is 5.75 Å². The van der Waals surface area contributed by atoms with Gasteiger partial charge in [0.05, 0.1) is 17.9 Å². The second-order valence-electron chi connectivity index (χ2n) is 5.92. The minimum absolute atomic E-state index is 0.0658. The number of rotatable bonds is 5. The van der Waals surface area contributed by atoms with Crippen LogP contribution in [0.25, 0.3) is 0 Å². The van der Waals surface area contributed by atoms with E-state index in [2.05, 4.69) is 20.9 Å². The zero-order chi connectivity index (χ0) is 18.6. The van der Waals surface area contributed by atoms with Gasteiger partial charge in [-0.2, -0.15) is 13.2 Å². The van der Waals surface area contributed by atoms with Crippen molar-refractivity contribution in [1.29, 1.82) is 0 Å². The molecule has 2 N–H and O–H groups in total. The molecule has 26 heavy (non-hydrogen) atoms. The number of aromatic nitrogens is 3. The Kier molecular flexibility index (Phi) is 5.40. The topological polar surface area (TPSA) is 81.1 Å². The quantitative estimate of drug-likeness (QED) is 0.846. The molecule has 1 saturated heterocycles. The summed E-state index contributed by atoms with van der Waals surface area (Å²) >= 11 is 0. The number of nitrogens with zero attached hydrogens (tertiary/aromatic N) is 3. The average molecular weight is 369 g/mol. The first-order valence-corrected chi connectivity index (χ1v) is 8.15. The van der Waals surface area contributed by atoms with Gasteiger partial charge < -0.3 is 15.4 Å². The molecule has 0 spiro atoms. The maximum absolute atomic E-state index is 12.3. The maximum Gasteiger partial charge on any atom is 0.422 e. The van der Waals surface area contributed by atoms with E-state index in [9.17, 15) is 18.0 Å². The number of halogens is 3. The molecule has 7 nitrogen and oxygen atoms in total. The van der Waals surface area contributed by atoms with Crippen LogP contribution in [-0.4, -0.2) is 46.8 Å². The van der Waals surface area contributed by atoms with Crippen LogP contribution in [0.3, 0.4) is 0 Å². The number of amides is 1. The molecular weight excluding hydrogens is 351 g/mol. The molecule has 0 saturated carbocycles. The number of para-hydroxylation sites is 2. The van der Waals surface area contributed by atoms with Crippen LogP contribution < -0.4 is 15.4 Å². The molecule has 2 heterocycles. The van der Waals surface area contributed by atoms with Gasteiger partial charge in [0, 0.05) is 0 Å². The number of hydrogen-bond acceptors (Lipinski definition) is 5. The second-order valence-corrected chi connectivity index (χ2v) is 5.92. The molecule has 1 aromatic carbocycles.